The lowest BCUT2D eigenvalue weighted by Gasteiger charge is -2.37. The van der Waals surface area contributed by atoms with Crippen LogP contribution >= 0.6 is 0 Å². The number of para-hydroxylation sites is 3. The van der Waals surface area contributed by atoms with E-state index in [0.29, 0.717) is 31.9 Å². The Morgan fingerprint density at radius 3 is 2.21 bits per heavy atom. The summed E-state index contributed by atoms with van der Waals surface area (Å²) in [6, 6.07) is 16.5. The topological polar surface area (TPSA) is 70.2 Å². The highest BCUT2D eigenvalue weighted by Gasteiger charge is 2.27. The molecular weight excluding hydrogens is 378 g/mol. The smallest absolute Gasteiger partial charge is 0.243 e. The number of anilines is 2. The van der Waals surface area contributed by atoms with E-state index in [2.05, 4.69) is 4.90 Å². The van der Waals surface area contributed by atoms with Crippen molar-refractivity contribution in [1.82, 2.24) is 4.90 Å². The molecule has 0 aliphatic carbocycles. The van der Waals surface area contributed by atoms with E-state index in [1.54, 1.807) is 36.3 Å². The van der Waals surface area contributed by atoms with Crippen LogP contribution in [0.25, 0.3) is 0 Å². The molecule has 1 aliphatic rings. The van der Waals surface area contributed by atoms with Gasteiger partial charge in [-0.1, -0.05) is 30.3 Å². The normalized spacial score (nSPS) is 14.6. The predicted molar refractivity (Wildman–Crippen MR) is 110 cm³/mol. The van der Waals surface area contributed by atoms with Gasteiger partial charge in [0.2, 0.25) is 15.9 Å². The lowest BCUT2D eigenvalue weighted by atomic mass is 10.2. The second-order valence-corrected chi connectivity index (χ2v) is 8.55. The highest BCUT2D eigenvalue weighted by Crippen LogP contribution is 2.28. The lowest BCUT2D eigenvalue weighted by molar-refractivity contribution is -0.129. The summed E-state index contributed by atoms with van der Waals surface area (Å²) >= 11 is 0. The van der Waals surface area contributed by atoms with Gasteiger partial charge in [-0.2, -0.15) is 0 Å². The Kier molecular flexibility index (Phi) is 6.08. The van der Waals surface area contributed by atoms with Crippen molar-refractivity contribution in [3.63, 3.8) is 0 Å². The van der Waals surface area contributed by atoms with E-state index in [1.807, 2.05) is 30.3 Å². The number of sulfonamides is 1. The van der Waals surface area contributed by atoms with Gasteiger partial charge in [-0.15, -0.1) is 0 Å². The van der Waals surface area contributed by atoms with E-state index in [9.17, 15) is 13.2 Å². The third-order valence-electron chi connectivity index (χ3n) is 4.78. The predicted octanol–water partition coefficient (Wildman–Crippen LogP) is 1.81. The van der Waals surface area contributed by atoms with Crippen LogP contribution in [0.5, 0.6) is 5.75 Å². The van der Waals surface area contributed by atoms with Crippen LogP contribution in [0.2, 0.25) is 0 Å². The fraction of sp³-hybridized carbons (Fsp3) is 0.350. The first-order valence-corrected chi connectivity index (χ1v) is 10.9. The molecule has 1 heterocycles. The standard InChI is InChI=1S/C20H25N3O4S/c1-27-19-11-7-6-10-18(19)21-12-14-22(15-13-21)20(24)16-23(28(2,25)26)17-8-4-3-5-9-17/h3-11H,12-16H2,1-2H3. The summed E-state index contributed by atoms with van der Waals surface area (Å²) in [6.45, 7) is 2.19. The molecule has 2 aromatic rings. The third kappa shape index (κ3) is 4.56. The first-order valence-electron chi connectivity index (χ1n) is 9.08. The number of methoxy groups -OCH3 is 1. The van der Waals surface area contributed by atoms with E-state index in [-0.39, 0.29) is 12.5 Å². The SMILES string of the molecule is COc1ccccc1N1CCN(C(=O)CN(c2ccccc2)S(C)(=O)=O)CC1. The van der Waals surface area contributed by atoms with E-state index in [0.717, 1.165) is 22.0 Å². The van der Waals surface area contributed by atoms with Crippen molar-refractivity contribution in [2.24, 2.45) is 0 Å². The maximum atomic E-state index is 12.8. The number of benzene rings is 2. The van der Waals surface area contributed by atoms with Gasteiger partial charge in [-0.25, -0.2) is 8.42 Å². The van der Waals surface area contributed by atoms with Gasteiger partial charge in [0.1, 0.15) is 12.3 Å². The molecule has 0 radical (unpaired) electrons. The van der Waals surface area contributed by atoms with Gasteiger partial charge >= 0.3 is 0 Å². The molecule has 0 bridgehead atoms. The zero-order chi connectivity index (χ0) is 20.1. The van der Waals surface area contributed by atoms with Crippen LogP contribution in [-0.4, -0.2) is 65.3 Å². The fourth-order valence-electron chi connectivity index (χ4n) is 3.30. The first-order chi connectivity index (χ1) is 13.4. The van der Waals surface area contributed by atoms with Crippen LogP contribution in [0.3, 0.4) is 0 Å². The Balaban J connectivity index is 1.66. The first kappa shape index (κ1) is 20.0. The molecule has 7 nitrogen and oxygen atoms in total. The van der Waals surface area contributed by atoms with Crippen molar-refractivity contribution < 1.29 is 17.9 Å². The average molecular weight is 404 g/mol. The quantitative estimate of drug-likeness (QED) is 0.736. The Morgan fingerprint density at radius 2 is 1.61 bits per heavy atom. The fourth-order valence-corrected chi connectivity index (χ4v) is 4.15. The Hall–Kier alpha value is -2.74. The summed E-state index contributed by atoms with van der Waals surface area (Å²) in [7, 11) is -1.91. The Bertz CT molecular complexity index is 910. The van der Waals surface area contributed by atoms with Gasteiger partial charge in [0.25, 0.3) is 0 Å². The van der Waals surface area contributed by atoms with Crippen molar-refractivity contribution in [1.29, 1.82) is 0 Å². The molecule has 1 amide bonds. The number of rotatable bonds is 6. The molecule has 0 unspecified atom stereocenters. The van der Waals surface area contributed by atoms with Gasteiger partial charge in [0.05, 0.1) is 24.7 Å². The molecule has 1 fully saturated rings. The Labute approximate surface area is 166 Å². The van der Waals surface area contributed by atoms with Crippen molar-refractivity contribution in [2.45, 2.75) is 0 Å². The molecule has 28 heavy (non-hydrogen) atoms. The molecule has 0 N–H and O–H groups in total. The van der Waals surface area contributed by atoms with Gasteiger partial charge < -0.3 is 14.5 Å². The van der Waals surface area contributed by atoms with Crippen molar-refractivity contribution in [3.05, 3.63) is 54.6 Å². The number of hydrogen-bond donors (Lipinski definition) is 0. The molecule has 0 aromatic heterocycles. The van der Waals surface area contributed by atoms with E-state index in [4.69, 9.17) is 4.74 Å². The minimum Gasteiger partial charge on any atom is -0.495 e. The molecule has 3 rings (SSSR count). The van der Waals surface area contributed by atoms with Crippen molar-refractivity contribution >= 4 is 27.3 Å². The van der Waals surface area contributed by atoms with E-state index < -0.39 is 10.0 Å². The number of amides is 1. The van der Waals surface area contributed by atoms with Crippen molar-refractivity contribution in [3.8, 4) is 5.75 Å². The van der Waals surface area contributed by atoms with Crippen molar-refractivity contribution in [2.75, 3.05) is 55.3 Å². The largest absolute Gasteiger partial charge is 0.495 e. The van der Waals surface area contributed by atoms with Crippen LogP contribution in [0.4, 0.5) is 11.4 Å². The number of nitrogens with zero attached hydrogens (tertiary/aromatic N) is 3. The van der Waals surface area contributed by atoms with E-state index in [1.165, 1.54) is 0 Å². The van der Waals surface area contributed by atoms with Crippen LogP contribution < -0.4 is 13.9 Å². The molecule has 0 spiro atoms. The van der Waals surface area contributed by atoms with Crippen LogP contribution in [0, 0.1) is 0 Å². The zero-order valence-electron chi connectivity index (χ0n) is 16.1. The number of hydrogen-bond acceptors (Lipinski definition) is 5. The lowest BCUT2D eigenvalue weighted by Crippen LogP contribution is -2.52. The third-order valence-corrected chi connectivity index (χ3v) is 5.92. The van der Waals surface area contributed by atoms with Crippen LogP contribution in [0.15, 0.2) is 54.6 Å². The highest BCUT2D eigenvalue weighted by atomic mass is 32.2. The van der Waals surface area contributed by atoms with Gasteiger partial charge in [-0.3, -0.25) is 9.10 Å². The number of piperazine rings is 1. The monoisotopic (exact) mass is 403 g/mol. The molecule has 8 heteroatoms. The van der Waals surface area contributed by atoms with Gasteiger partial charge in [-0.05, 0) is 24.3 Å². The molecule has 0 saturated carbocycles. The summed E-state index contributed by atoms with van der Waals surface area (Å²) in [5.74, 6) is 0.601. The second-order valence-electron chi connectivity index (χ2n) is 6.64. The Morgan fingerprint density at radius 1 is 1.00 bits per heavy atom. The molecule has 150 valence electrons. The zero-order valence-corrected chi connectivity index (χ0v) is 16.9. The van der Waals surface area contributed by atoms with Crippen LogP contribution in [0.1, 0.15) is 0 Å². The number of carbonyl (C=O) groups is 1. The summed E-state index contributed by atoms with van der Waals surface area (Å²) in [6.07, 6.45) is 1.12. The molecule has 1 aliphatic heterocycles. The molecular formula is C20H25N3O4S. The average Bonchev–Trinajstić information content (AvgIpc) is 2.71. The summed E-state index contributed by atoms with van der Waals surface area (Å²) in [4.78, 5) is 16.7. The molecule has 1 saturated heterocycles. The maximum absolute atomic E-state index is 12.8. The van der Waals surface area contributed by atoms with E-state index >= 15 is 0 Å². The minimum atomic E-state index is -3.56. The summed E-state index contributed by atoms with van der Waals surface area (Å²) < 4.78 is 31.0. The molecule has 0 atom stereocenters. The number of carbonyl (C=O) groups excluding carboxylic acids is 1. The number of ether oxygens (including phenoxy) is 1. The summed E-state index contributed by atoms with van der Waals surface area (Å²) in [5, 5.41) is 0. The van der Waals surface area contributed by atoms with Gasteiger partial charge in [0.15, 0.2) is 0 Å². The summed E-state index contributed by atoms with van der Waals surface area (Å²) in [5.41, 5.74) is 1.49. The van der Waals surface area contributed by atoms with Gasteiger partial charge in [0, 0.05) is 26.2 Å². The minimum absolute atomic E-state index is 0.197. The molecule has 2 aromatic carbocycles. The highest BCUT2D eigenvalue weighted by molar-refractivity contribution is 7.92. The van der Waals surface area contributed by atoms with Crippen LogP contribution in [-0.2, 0) is 14.8 Å². The maximum Gasteiger partial charge on any atom is 0.243 e. The second kappa shape index (κ2) is 8.52.